The van der Waals surface area contributed by atoms with Crippen molar-refractivity contribution >= 4 is 55.7 Å². The molecule has 0 saturated heterocycles. The van der Waals surface area contributed by atoms with E-state index in [9.17, 15) is 8.42 Å². The van der Waals surface area contributed by atoms with Crippen LogP contribution in [0.2, 0.25) is 0 Å². The van der Waals surface area contributed by atoms with Gasteiger partial charge in [0.05, 0.1) is 12.3 Å². The van der Waals surface area contributed by atoms with Crippen molar-refractivity contribution in [1.29, 1.82) is 0 Å². The Morgan fingerprint density at radius 2 is 2.12 bits per heavy atom. The highest BCUT2D eigenvalue weighted by Crippen LogP contribution is 2.17. The zero-order valence-corrected chi connectivity index (χ0v) is 18.8. The molecule has 9 heteroatoms. The van der Waals surface area contributed by atoms with Crippen LogP contribution < -0.4 is 15.4 Å². The van der Waals surface area contributed by atoms with Crippen LogP contribution in [-0.4, -0.2) is 52.6 Å². The Balaban J connectivity index is 0.00000529. The summed E-state index contributed by atoms with van der Waals surface area (Å²) in [4.78, 5) is 4.11. The van der Waals surface area contributed by atoms with Gasteiger partial charge in [0, 0.05) is 23.8 Å². The second-order valence-electron chi connectivity index (χ2n) is 5.27. The van der Waals surface area contributed by atoms with Gasteiger partial charge in [-0.05, 0) is 31.5 Å². The molecule has 0 aliphatic carbocycles. The third kappa shape index (κ3) is 11.1. The minimum Gasteiger partial charge on any atom is -0.492 e. The molecule has 6 nitrogen and oxygen atoms in total. The fourth-order valence-corrected chi connectivity index (χ4v) is 2.95. The smallest absolute Gasteiger partial charge is 0.191 e. The highest BCUT2D eigenvalue weighted by Gasteiger charge is 2.09. The van der Waals surface area contributed by atoms with Crippen LogP contribution in [0.5, 0.6) is 5.75 Å². The quantitative estimate of drug-likeness (QED) is 0.232. The van der Waals surface area contributed by atoms with Crippen LogP contribution in [-0.2, 0) is 9.84 Å². The maximum absolute atomic E-state index is 11.2. The molecule has 0 fully saturated rings. The first-order valence-corrected chi connectivity index (χ1v) is 10.2. The van der Waals surface area contributed by atoms with E-state index >= 15 is 0 Å². The molecule has 0 heterocycles. The summed E-state index contributed by atoms with van der Waals surface area (Å²) < 4.78 is 28.9. The number of hydrogen-bond donors (Lipinski definition) is 2. The normalized spacial score (nSPS) is 12.9. The number of guanidine groups is 1. The summed E-state index contributed by atoms with van der Waals surface area (Å²) in [6.07, 6.45) is 1.78. The lowest BCUT2D eigenvalue weighted by molar-refractivity contribution is 0.321. The minimum atomic E-state index is -2.94. The Bertz CT molecular complexity index is 626. The molecule has 0 amide bonds. The molecule has 1 atom stereocenters. The van der Waals surface area contributed by atoms with Crippen LogP contribution in [0.4, 0.5) is 0 Å². The summed E-state index contributed by atoms with van der Waals surface area (Å²) in [5.74, 6) is 1.58. The fourth-order valence-electron chi connectivity index (χ4n) is 1.79. The SMILES string of the molecule is CN=C(NCCOc1cccc(Br)c1)NC(C)CCS(C)(=O)=O.I. The lowest BCUT2D eigenvalue weighted by Crippen LogP contribution is -2.44. The molecule has 0 saturated carbocycles. The van der Waals surface area contributed by atoms with Gasteiger partial charge in [-0.25, -0.2) is 8.42 Å². The van der Waals surface area contributed by atoms with Crippen molar-refractivity contribution in [3.63, 3.8) is 0 Å². The first kappa shape index (κ1) is 23.4. The lowest BCUT2D eigenvalue weighted by Gasteiger charge is -2.17. The first-order valence-electron chi connectivity index (χ1n) is 7.33. The van der Waals surface area contributed by atoms with Gasteiger partial charge in [0.1, 0.15) is 22.2 Å². The van der Waals surface area contributed by atoms with Crippen molar-refractivity contribution in [1.82, 2.24) is 10.6 Å². The van der Waals surface area contributed by atoms with E-state index in [0.717, 1.165) is 10.2 Å². The number of aliphatic imine (C=N–C) groups is 1. The number of halogens is 2. The van der Waals surface area contributed by atoms with Gasteiger partial charge in [0.15, 0.2) is 5.96 Å². The standard InChI is InChI=1S/C15H24BrN3O3S.HI/c1-12(7-10-23(3,20)21)19-15(17-2)18-8-9-22-14-6-4-5-13(16)11-14;/h4-6,11-12H,7-10H2,1-3H3,(H2,17,18,19);1H. The van der Waals surface area contributed by atoms with Crippen molar-refractivity contribution in [3.8, 4) is 5.75 Å². The Kier molecular flexibility index (Phi) is 11.6. The third-order valence-corrected chi connectivity index (χ3v) is 4.46. The monoisotopic (exact) mass is 533 g/mol. The summed E-state index contributed by atoms with van der Waals surface area (Å²) in [7, 11) is -1.27. The van der Waals surface area contributed by atoms with Gasteiger partial charge in [-0.2, -0.15) is 0 Å². The average Bonchev–Trinajstić information content (AvgIpc) is 2.47. The molecule has 0 aliphatic heterocycles. The molecule has 1 aromatic carbocycles. The molecule has 0 radical (unpaired) electrons. The molecular weight excluding hydrogens is 509 g/mol. The molecule has 0 bridgehead atoms. The summed E-state index contributed by atoms with van der Waals surface area (Å²) in [6, 6.07) is 7.67. The largest absolute Gasteiger partial charge is 0.492 e. The van der Waals surface area contributed by atoms with Crippen LogP contribution >= 0.6 is 39.9 Å². The van der Waals surface area contributed by atoms with E-state index in [1.54, 1.807) is 7.05 Å². The van der Waals surface area contributed by atoms with Crippen molar-refractivity contribution in [2.24, 2.45) is 4.99 Å². The number of hydrogen-bond acceptors (Lipinski definition) is 4. The second kappa shape index (κ2) is 11.9. The van der Waals surface area contributed by atoms with Gasteiger partial charge < -0.3 is 15.4 Å². The van der Waals surface area contributed by atoms with E-state index in [-0.39, 0.29) is 35.8 Å². The van der Waals surface area contributed by atoms with Gasteiger partial charge >= 0.3 is 0 Å². The topological polar surface area (TPSA) is 79.8 Å². The van der Waals surface area contributed by atoms with Crippen LogP contribution in [0, 0.1) is 0 Å². The fraction of sp³-hybridized carbons (Fsp3) is 0.533. The van der Waals surface area contributed by atoms with Gasteiger partial charge in [-0.3, -0.25) is 4.99 Å². The van der Waals surface area contributed by atoms with Crippen LogP contribution in [0.15, 0.2) is 33.7 Å². The first-order chi connectivity index (χ1) is 10.8. The van der Waals surface area contributed by atoms with Crippen LogP contribution in [0.1, 0.15) is 13.3 Å². The molecule has 1 aromatic rings. The highest BCUT2D eigenvalue weighted by molar-refractivity contribution is 14.0. The summed E-state index contributed by atoms with van der Waals surface area (Å²) in [5, 5.41) is 6.29. The van der Waals surface area contributed by atoms with Gasteiger partial charge in [0.2, 0.25) is 0 Å². The van der Waals surface area contributed by atoms with Crippen LogP contribution in [0.25, 0.3) is 0 Å². The second-order valence-corrected chi connectivity index (χ2v) is 8.44. The average molecular weight is 534 g/mol. The Hall–Kier alpha value is -0.550. The maximum atomic E-state index is 11.2. The number of nitrogens with zero attached hydrogens (tertiary/aromatic N) is 1. The summed E-state index contributed by atoms with van der Waals surface area (Å²) in [6.45, 7) is 3.01. The Labute approximate surface area is 169 Å². The summed E-state index contributed by atoms with van der Waals surface area (Å²) in [5.41, 5.74) is 0. The predicted molar refractivity (Wildman–Crippen MR) is 113 cm³/mol. The molecule has 24 heavy (non-hydrogen) atoms. The molecule has 1 unspecified atom stereocenters. The van der Waals surface area contributed by atoms with Crippen molar-refractivity contribution in [2.75, 3.05) is 32.2 Å². The zero-order chi connectivity index (χ0) is 17.3. The van der Waals surface area contributed by atoms with E-state index in [2.05, 4.69) is 31.6 Å². The number of ether oxygens (including phenoxy) is 1. The number of sulfone groups is 1. The molecule has 0 spiro atoms. The number of nitrogens with one attached hydrogen (secondary N) is 2. The number of rotatable bonds is 8. The van der Waals surface area contributed by atoms with E-state index in [0.29, 0.717) is 25.5 Å². The third-order valence-electron chi connectivity index (χ3n) is 2.99. The Morgan fingerprint density at radius 1 is 1.42 bits per heavy atom. The molecule has 2 N–H and O–H groups in total. The van der Waals surface area contributed by atoms with E-state index in [1.807, 2.05) is 31.2 Å². The summed E-state index contributed by atoms with van der Waals surface area (Å²) >= 11 is 3.39. The van der Waals surface area contributed by atoms with E-state index < -0.39 is 9.84 Å². The molecule has 138 valence electrons. The predicted octanol–water partition coefficient (Wildman–Crippen LogP) is 2.43. The molecular formula is C15H25BrIN3O3S. The molecule has 0 aliphatic rings. The zero-order valence-electron chi connectivity index (χ0n) is 14.1. The van der Waals surface area contributed by atoms with E-state index in [1.165, 1.54) is 6.26 Å². The Morgan fingerprint density at radius 3 is 2.71 bits per heavy atom. The van der Waals surface area contributed by atoms with Gasteiger partial charge in [0.25, 0.3) is 0 Å². The van der Waals surface area contributed by atoms with Crippen LogP contribution in [0.3, 0.4) is 0 Å². The minimum absolute atomic E-state index is 0. The highest BCUT2D eigenvalue weighted by atomic mass is 127. The maximum Gasteiger partial charge on any atom is 0.191 e. The lowest BCUT2D eigenvalue weighted by atomic mass is 10.3. The van der Waals surface area contributed by atoms with Crippen molar-refractivity contribution in [2.45, 2.75) is 19.4 Å². The molecule has 0 aromatic heterocycles. The number of benzene rings is 1. The van der Waals surface area contributed by atoms with Crippen molar-refractivity contribution < 1.29 is 13.2 Å². The van der Waals surface area contributed by atoms with Gasteiger partial charge in [-0.1, -0.05) is 22.0 Å². The van der Waals surface area contributed by atoms with Gasteiger partial charge in [-0.15, -0.1) is 24.0 Å². The van der Waals surface area contributed by atoms with Crippen molar-refractivity contribution in [3.05, 3.63) is 28.7 Å². The van der Waals surface area contributed by atoms with E-state index in [4.69, 9.17) is 4.74 Å². The molecule has 1 rings (SSSR count).